The van der Waals surface area contributed by atoms with Gasteiger partial charge in [0.05, 0.1) is 18.2 Å². The number of carboxylic acid groups (broad SMARTS) is 1. The molecule has 20 heavy (non-hydrogen) atoms. The third-order valence-corrected chi connectivity index (χ3v) is 2.93. The number of carbonyl (C=O) groups is 1. The first-order chi connectivity index (χ1) is 9.63. The highest BCUT2D eigenvalue weighted by Crippen LogP contribution is 2.16. The van der Waals surface area contributed by atoms with Crippen LogP contribution in [0.4, 0.5) is 0 Å². The Labute approximate surface area is 114 Å². The molecule has 0 aliphatic carbocycles. The Morgan fingerprint density at radius 2 is 2.10 bits per heavy atom. The minimum absolute atomic E-state index is 0.0628. The van der Waals surface area contributed by atoms with Crippen LogP contribution in [0.5, 0.6) is 0 Å². The smallest absolute Gasteiger partial charge is 0.370 e. The summed E-state index contributed by atoms with van der Waals surface area (Å²) >= 11 is 0. The number of aryl methyl sites for hydroxylation is 1. The van der Waals surface area contributed by atoms with Crippen molar-refractivity contribution in [1.29, 1.82) is 0 Å². The second-order valence-electron chi connectivity index (χ2n) is 4.41. The maximum Gasteiger partial charge on any atom is 0.370 e. The third kappa shape index (κ3) is 2.20. The Kier molecular flexibility index (Phi) is 2.86. The van der Waals surface area contributed by atoms with Gasteiger partial charge >= 0.3 is 5.97 Å². The van der Waals surface area contributed by atoms with Crippen LogP contribution in [0.25, 0.3) is 22.6 Å². The normalized spacial score (nSPS) is 10.8. The van der Waals surface area contributed by atoms with E-state index in [1.165, 1.54) is 0 Å². The van der Waals surface area contributed by atoms with E-state index in [1.807, 2.05) is 19.2 Å². The zero-order valence-electron chi connectivity index (χ0n) is 10.8. The van der Waals surface area contributed by atoms with Gasteiger partial charge in [-0.1, -0.05) is 0 Å². The van der Waals surface area contributed by atoms with E-state index in [-0.39, 0.29) is 6.54 Å². The van der Waals surface area contributed by atoms with Gasteiger partial charge in [-0.25, -0.2) is 19.7 Å². The average Bonchev–Trinajstić information content (AvgIpc) is 2.80. The van der Waals surface area contributed by atoms with Crippen LogP contribution in [0.1, 0.15) is 0 Å². The van der Waals surface area contributed by atoms with Crippen LogP contribution in [0.3, 0.4) is 0 Å². The van der Waals surface area contributed by atoms with Crippen molar-refractivity contribution >= 4 is 17.3 Å². The Morgan fingerprint density at radius 3 is 2.80 bits per heavy atom. The van der Waals surface area contributed by atoms with Crippen LogP contribution in [0.2, 0.25) is 0 Å². The lowest BCUT2D eigenvalue weighted by Crippen LogP contribution is -2.36. The fourth-order valence-electron chi connectivity index (χ4n) is 1.93. The number of pyridine rings is 1. The van der Waals surface area contributed by atoms with E-state index in [9.17, 15) is 4.79 Å². The van der Waals surface area contributed by atoms with Gasteiger partial charge in [0.2, 0.25) is 6.54 Å². The largest absolute Gasteiger partial charge is 0.477 e. The second kappa shape index (κ2) is 4.69. The van der Waals surface area contributed by atoms with Gasteiger partial charge in [-0.2, -0.15) is 4.57 Å². The van der Waals surface area contributed by atoms with Crippen molar-refractivity contribution in [1.82, 2.24) is 19.5 Å². The lowest BCUT2D eigenvalue weighted by molar-refractivity contribution is -0.685. The summed E-state index contributed by atoms with van der Waals surface area (Å²) < 4.78 is 3.39. The summed E-state index contributed by atoms with van der Waals surface area (Å²) in [5, 5.41) is 8.73. The molecule has 0 aromatic carbocycles. The molecule has 0 atom stereocenters. The molecule has 100 valence electrons. The van der Waals surface area contributed by atoms with Crippen molar-refractivity contribution in [2.45, 2.75) is 6.54 Å². The number of nitrogens with zero attached hydrogens (tertiary/aromatic N) is 5. The highest BCUT2D eigenvalue weighted by Gasteiger charge is 2.10. The zero-order chi connectivity index (χ0) is 14.1. The van der Waals surface area contributed by atoms with E-state index in [4.69, 9.17) is 5.11 Å². The molecular weight excluding hydrogens is 258 g/mol. The molecule has 3 rings (SSSR count). The molecule has 0 fully saturated rings. The van der Waals surface area contributed by atoms with Crippen molar-refractivity contribution < 1.29 is 14.5 Å². The van der Waals surface area contributed by atoms with E-state index >= 15 is 0 Å². The fourth-order valence-corrected chi connectivity index (χ4v) is 1.93. The molecular formula is C13H12N5O2+. The summed E-state index contributed by atoms with van der Waals surface area (Å²) in [6.07, 6.45) is 6.74. The highest BCUT2D eigenvalue weighted by atomic mass is 16.4. The maximum atomic E-state index is 10.6. The molecule has 0 spiro atoms. The van der Waals surface area contributed by atoms with Gasteiger partial charge < -0.3 is 9.67 Å². The lowest BCUT2D eigenvalue weighted by atomic mass is 10.2. The number of imidazole rings is 1. The molecule has 3 aromatic rings. The van der Waals surface area contributed by atoms with Gasteiger partial charge in [-0.05, 0) is 0 Å². The van der Waals surface area contributed by atoms with Crippen LogP contribution in [-0.2, 0) is 18.4 Å². The van der Waals surface area contributed by atoms with E-state index < -0.39 is 5.97 Å². The number of hydrogen-bond donors (Lipinski definition) is 1. The Hall–Kier alpha value is -2.83. The van der Waals surface area contributed by atoms with E-state index in [2.05, 4.69) is 15.0 Å². The van der Waals surface area contributed by atoms with Gasteiger partial charge in [-0.15, -0.1) is 0 Å². The molecule has 0 unspecified atom stereocenters. The van der Waals surface area contributed by atoms with Crippen molar-refractivity contribution in [2.75, 3.05) is 0 Å². The van der Waals surface area contributed by atoms with Gasteiger partial charge in [0.1, 0.15) is 0 Å². The highest BCUT2D eigenvalue weighted by molar-refractivity contribution is 5.70. The van der Waals surface area contributed by atoms with E-state index in [0.29, 0.717) is 11.3 Å². The lowest BCUT2D eigenvalue weighted by Gasteiger charge is -2.00. The molecule has 0 aliphatic heterocycles. The summed E-state index contributed by atoms with van der Waals surface area (Å²) in [4.78, 5) is 23.5. The standard InChI is InChI=1S/C13H11N5O2/c1-17-8-15-12-13(17)16-10(6-14-12)9-2-4-18(5-3-9)7-11(19)20/h2-6,8H,7H2,1H3/p+1. The minimum atomic E-state index is -0.876. The first kappa shape index (κ1) is 12.2. The first-order valence-corrected chi connectivity index (χ1v) is 5.99. The molecule has 3 aromatic heterocycles. The van der Waals surface area contributed by atoms with Crippen molar-refractivity contribution in [3.63, 3.8) is 0 Å². The first-order valence-electron chi connectivity index (χ1n) is 5.99. The number of hydrogen-bond acceptors (Lipinski definition) is 4. The van der Waals surface area contributed by atoms with Crippen LogP contribution in [-0.4, -0.2) is 30.6 Å². The van der Waals surface area contributed by atoms with Crippen LogP contribution >= 0.6 is 0 Å². The summed E-state index contributed by atoms with van der Waals surface area (Å²) in [7, 11) is 1.86. The van der Waals surface area contributed by atoms with Crippen molar-refractivity contribution in [2.24, 2.45) is 7.05 Å². The number of carboxylic acids is 1. The maximum absolute atomic E-state index is 10.6. The van der Waals surface area contributed by atoms with Crippen molar-refractivity contribution in [3.05, 3.63) is 37.1 Å². The average molecular weight is 270 g/mol. The summed E-state index contributed by atoms with van der Waals surface area (Å²) in [5.41, 5.74) is 2.92. The molecule has 7 nitrogen and oxygen atoms in total. The predicted octanol–water partition coefficient (Wildman–Crippen LogP) is 0.402. The number of fused-ring (bicyclic) bond motifs is 1. The Balaban J connectivity index is 1.97. The SMILES string of the molecule is Cn1cnc2ncc(-c3cc[n+](CC(=O)O)cc3)nc21. The fraction of sp³-hybridized carbons (Fsp3) is 0.154. The second-order valence-corrected chi connectivity index (χ2v) is 4.41. The Bertz CT molecular complexity index is 779. The Morgan fingerprint density at radius 1 is 1.35 bits per heavy atom. The quantitative estimate of drug-likeness (QED) is 0.696. The molecule has 3 heterocycles. The predicted molar refractivity (Wildman–Crippen MR) is 69.6 cm³/mol. The summed E-state index contributed by atoms with van der Waals surface area (Å²) in [6.45, 7) is -0.0628. The molecule has 0 bridgehead atoms. The van der Waals surface area contributed by atoms with Gasteiger partial charge in [0.15, 0.2) is 23.7 Å². The third-order valence-electron chi connectivity index (χ3n) is 2.93. The number of aromatic nitrogens is 5. The van der Waals surface area contributed by atoms with Crippen LogP contribution < -0.4 is 4.57 Å². The molecule has 0 aliphatic rings. The van der Waals surface area contributed by atoms with E-state index in [0.717, 1.165) is 11.3 Å². The molecule has 0 radical (unpaired) electrons. The minimum Gasteiger partial charge on any atom is -0.477 e. The number of aliphatic carboxylic acids is 1. The van der Waals surface area contributed by atoms with Crippen LogP contribution in [0, 0.1) is 0 Å². The van der Waals surface area contributed by atoms with Gasteiger partial charge in [0.25, 0.3) is 0 Å². The summed E-state index contributed by atoms with van der Waals surface area (Å²) in [6, 6.07) is 3.63. The monoisotopic (exact) mass is 270 g/mol. The zero-order valence-corrected chi connectivity index (χ0v) is 10.8. The van der Waals surface area contributed by atoms with Crippen LogP contribution in [0.15, 0.2) is 37.1 Å². The number of rotatable bonds is 3. The van der Waals surface area contributed by atoms with Gasteiger partial charge in [-0.3, -0.25) is 0 Å². The molecule has 0 amide bonds. The topological polar surface area (TPSA) is 84.8 Å². The molecule has 0 saturated heterocycles. The summed E-state index contributed by atoms with van der Waals surface area (Å²) in [5.74, 6) is -0.876. The molecule has 0 saturated carbocycles. The van der Waals surface area contributed by atoms with Crippen molar-refractivity contribution in [3.8, 4) is 11.3 Å². The van der Waals surface area contributed by atoms with E-state index in [1.54, 1.807) is 34.1 Å². The molecule has 1 N–H and O–H groups in total. The van der Waals surface area contributed by atoms with Gasteiger partial charge in [0, 0.05) is 24.7 Å². The molecule has 7 heteroatoms.